The molecule has 0 unspecified atom stereocenters. The lowest BCUT2D eigenvalue weighted by Crippen LogP contribution is -2.31. The zero-order chi connectivity index (χ0) is 15.5. The highest BCUT2D eigenvalue weighted by atomic mass is 16.3. The van der Waals surface area contributed by atoms with Crippen molar-refractivity contribution in [3.05, 3.63) is 41.8 Å². The molecule has 6 nitrogen and oxygen atoms in total. The first-order valence-electron chi connectivity index (χ1n) is 6.94. The lowest BCUT2D eigenvalue weighted by molar-refractivity contribution is -0.105. The third-order valence-electron chi connectivity index (χ3n) is 3.46. The molecular formula is C16H15N3O3. The van der Waals surface area contributed by atoms with Gasteiger partial charge >= 0.3 is 0 Å². The monoisotopic (exact) mass is 297 g/mol. The van der Waals surface area contributed by atoms with E-state index in [0.29, 0.717) is 35.3 Å². The Kier molecular flexibility index (Phi) is 3.74. The van der Waals surface area contributed by atoms with E-state index in [4.69, 9.17) is 4.42 Å². The number of nitrogens with zero attached hydrogens (tertiary/aromatic N) is 1. The van der Waals surface area contributed by atoms with Crippen molar-refractivity contribution in [2.24, 2.45) is 4.99 Å². The third kappa shape index (κ3) is 2.63. The minimum Gasteiger partial charge on any atom is -0.449 e. The highest BCUT2D eigenvalue weighted by molar-refractivity contribution is 6.13. The van der Waals surface area contributed by atoms with Gasteiger partial charge in [-0.25, -0.2) is 4.99 Å². The highest BCUT2D eigenvalue weighted by Gasteiger charge is 2.21. The van der Waals surface area contributed by atoms with E-state index in [1.807, 2.05) is 13.0 Å². The van der Waals surface area contributed by atoms with E-state index in [1.165, 1.54) is 5.57 Å². The van der Waals surface area contributed by atoms with E-state index in [1.54, 1.807) is 24.4 Å². The van der Waals surface area contributed by atoms with Crippen LogP contribution in [0.5, 0.6) is 0 Å². The van der Waals surface area contributed by atoms with E-state index < -0.39 is 5.91 Å². The number of carbonyl (C=O) groups excluding carboxylic acids is 2. The molecule has 22 heavy (non-hydrogen) atoms. The predicted molar refractivity (Wildman–Crippen MR) is 83.8 cm³/mol. The summed E-state index contributed by atoms with van der Waals surface area (Å²) in [5.74, 6) is 0.239. The molecule has 0 bridgehead atoms. The number of allylic oxidation sites excluding steroid dienone is 1. The van der Waals surface area contributed by atoms with Gasteiger partial charge in [0, 0.05) is 18.0 Å². The van der Waals surface area contributed by atoms with Gasteiger partial charge in [-0.15, -0.1) is 0 Å². The van der Waals surface area contributed by atoms with Crippen molar-refractivity contribution in [3.63, 3.8) is 0 Å². The van der Waals surface area contributed by atoms with Gasteiger partial charge in [-0.1, -0.05) is 17.7 Å². The summed E-state index contributed by atoms with van der Waals surface area (Å²) in [6.45, 7) is 1.99. The quantitative estimate of drug-likeness (QED) is 0.854. The number of amides is 2. The molecule has 2 heterocycles. The Labute approximate surface area is 126 Å². The maximum Gasteiger partial charge on any atom is 0.294 e. The van der Waals surface area contributed by atoms with Crippen molar-refractivity contribution in [3.8, 4) is 0 Å². The molecule has 3 rings (SSSR count). The average molecular weight is 297 g/mol. The second kappa shape index (κ2) is 5.85. The summed E-state index contributed by atoms with van der Waals surface area (Å²) < 4.78 is 5.57. The third-order valence-corrected chi connectivity index (χ3v) is 3.46. The second-order valence-electron chi connectivity index (χ2n) is 5.07. The average Bonchev–Trinajstić information content (AvgIpc) is 2.89. The van der Waals surface area contributed by atoms with Crippen molar-refractivity contribution in [1.29, 1.82) is 0 Å². The fraction of sp³-hybridized carbons (Fsp3) is 0.188. The molecule has 1 aromatic carbocycles. The highest BCUT2D eigenvalue weighted by Crippen LogP contribution is 2.30. The number of hydrogen-bond donors (Lipinski definition) is 2. The first-order chi connectivity index (χ1) is 10.7. The van der Waals surface area contributed by atoms with Crippen LogP contribution in [-0.4, -0.2) is 18.2 Å². The van der Waals surface area contributed by atoms with Gasteiger partial charge in [0.25, 0.3) is 5.91 Å². The van der Waals surface area contributed by atoms with Gasteiger partial charge in [0.05, 0.1) is 0 Å². The van der Waals surface area contributed by atoms with E-state index in [9.17, 15) is 9.59 Å². The summed E-state index contributed by atoms with van der Waals surface area (Å²) in [5, 5.41) is 5.95. The van der Waals surface area contributed by atoms with Crippen molar-refractivity contribution < 1.29 is 14.0 Å². The molecule has 1 aliphatic heterocycles. The number of hydrogen-bond acceptors (Lipinski definition) is 4. The van der Waals surface area contributed by atoms with Crippen LogP contribution < -0.4 is 10.6 Å². The molecule has 2 amide bonds. The standard InChI is InChI=1S/C16H15N3O3/c1-10-6-7-13(17-8-10)19-16(21)15-14(18-9-20)11-4-2-3-5-12(11)22-15/h2-5,8-9H,6-7H2,1H3,(H,18,20)(H,17,19,21). The van der Waals surface area contributed by atoms with Crippen LogP contribution in [0.3, 0.4) is 0 Å². The van der Waals surface area contributed by atoms with Crippen LogP contribution >= 0.6 is 0 Å². The van der Waals surface area contributed by atoms with E-state index in [0.717, 1.165) is 6.42 Å². The largest absolute Gasteiger partial charge is 0.449 e. The summed E-state index contributed by atoms with van der Waals surface area (Å²) in [6, 6.07) is 7.14. The molecular weight excluding hydrogens is 282 g/mol. The molecule has 0 spiro atoms. The first-order valence-corrected chi connectivity index (χ1v) is 6.94. The van der Waals surface area contributed by atoms with Crippen LogP contribution in [0.2, 0.25) is 0 Å². The van der Waals surface area contributed by atoms with Crippen LogP contribution in [-0.2, 0) is 4.79 Å². The van der Waals surface area contributed by atoms with Gasteiger partial charge in [0.15, 0.2) is 0 Å². The summed E-state index contributed by atoms with van der Waals surface area (Å²) in [4.78, 5) is 27.4. The molecule has 112 valence electrons. The molecule has 2 N–H and O–H groups in total. The lowest BCUT2D eigenvalue weighted by Gasteiger charge is -2.11. The van der Waals surface area contributed by atoms with Crippen LogP contribution in [0.1, 0.15) is 30.3 Å². The number of benzene rings is 1. The Morgan fingerprint density at radius 1 is 1.32 bits per heavy atom. The molecule has 1 aromatic heterocycles. The first kappa shape index (κ1) is 14.1. The van der Waals surface area contributed by atoms with Gasteiger partial charge in [0.1, 0.15) is 17.1 Å². The maximum atomic E-state index is 12.4. The van der Waals surface area contributed by atoms with Gasteiger partial charge in [-0.3, -0.25) is 9.59 Å². The Morgan fingerprint density at radius 3 is 2.86 bits per heavy atom. The van der Waals surface area contributed by atoms with Crippen LogP contribution in [0.4, 0.5) is 5.69 Å². The second-order valence-corrected chi connectivity index (χ2v) is 5.07. The Morgan fingerprint density at radius 2 is 2.14 bits per heavy atom. The van der Waals surface area contributed by atoms with Gasteiger partial charge in [-0.05, 0) is 25.5 Å². The van der Waals surface area contributed by atoms with Crippen molar-refractivity contribution >= 4 is 34.8 Å². The summed E-state index contributed by atoms with van der Waals surface area (Å²) in [6.07, 6.45) is 3.80. The Hall–Kier alpha value is -2.89. The van der Waals surface area contributed by atoms with E-state index in [2.05, 4.69) is 15.6 Å². The molecule has 0 saturated heterocycles. The van der Waals surface area contributed by atoms with Crippen molar-refractivity contribution in [1.82, 2.24) is 5.32 Å². The smallest absolute Gasteiger partial charge is 0.294 e. The van der Waals surface area contributed by atoms with Gasteiger partial charge < -0.3 is 15.1 Å². The SMILES string of the molecule is CC1=CN=C(NC(=O)c2oc3ccccc3c2NC=O)CC1. The minimum absolute atomic E-state index is 0.0716. The lowest BCUT2D eigenvalue weighted by atomic mass is 10.1. The van der Waals surface area contributed by atoms with Crippen LogP contribution in [0.25, 0.3) is 11.0 Å². The normalized spacial score (nSPS) is 14.2. The summed E-state index contributed by atoms with van der Waals surface area (Å²) >= 11 is 0. The number of furan rings is 1. The summed E-state index contributed by atoms with van der Waals surface area (Å²) in [5.41, 5.74) is 2.08. The topological polar surface area (TPSA) is 83.7 Å². The molecule has 0 fully saturated rings. The van der Waals surface area contributed by atoms with Crippen molar-refractivity contribution in [2.45, 2.75) is 19.8 Å². The molecule has 2 aromatic rings. The Bertz CT molecular complexity index is 802. The Balaban J connectivity index is 1.93. The number of para-hydroxylation sites is 1. The van der Waals surface area contributed by atoms with Crippen LogP contribution in [0.15, 0.2) is 45.4 Å². The predicted octanol–water partition coefficient (Wildman–Crippen LogP) is 2.83. The van der Waals surface area contributed by atoms with Gasteiger partial charge in [0.2, 0.25) is 12.2 Å². The number of rotatable bonds is 3. The number of nitrogens with one attached hydrogen (secondary N) is 2. The van der Waals surface area contributed by atoms with E-state index >= 15 is 0 Å². The fourth-order valence-corrected chi connectivity index (χ4v) is 2.32. The molecule has 0 atom stereocenters. The summed E-state index contributed by atoms with van der Waals surface area (Å²) in [7, 11) is 0. The number of carbonyl (C=O) groups is 2. The van der Waals surface area contributed by atoms with E-state index in [-0.39, 0.29) is 5.76 Å². The number of amidine groups is 1. The molecule has 0 radical (unpaired) electrons. The zero-order valence-electron chi connectivity index (χ0n) is 12.1. The van der Waals surface area contributed by atoms with Gasteiger partial charge in [-0.2, -0.15) is 0 Å². The fourth-order valence-electron chi connectivity index (χ4n) is 2.32. The van der Waals surface area contributed by atoms with Crippen LogP contribution in [0, 0.1) is 0 Å². The number of anilines is 1. The number of aliphatic imine (C=N–C) groups is 1. The zero-order valence-corrected chi connectivity index (χ0v) is 12.1. The molecule has 6 heteroatoms. The minimum atomic E-state index is -0.424. The number of fused-ring (bicyclic) bond motifs is 1. The van der Waals surface area contributed by atoms with Crippen molar-refractivity contribution in [2.75, 3.05) is 5.32 Å². The molecule has 1 aliphatic rings. The maximum absolute atomic E-state index is 12.4. The molecule has 0 aliphatic carbocycles. The molecule has 0 saturated carbocycles.